The molecule has 0 saturated carbocycles. The van der Waals surface area contributed by atoms with Gasteiger partial charge in [0.25, 0.3) is 5.91 Å². The summed E-state index contributed by atoms with van der Waals surface area (Å²) >= 11 is 0. The van der Waals surface area contributed by atoms with Crippen LogP contribution in [0.5, 0.6) is 0 Å². The fourth-order valence-corrected chi connectivity index (χ4v) is 2.21. The highest BCUT2D eigenvalue weighted by Gasteiger charge is 2.18. The average molecular weight is 319 g/mol. The predicted molar refractivity (Wildman–Crippen MR) is 81.6 cm³/mol. The molecule has 4 nitrogen and oxygen atoms in total. The molecule has 0 aliphatic rings. The van der Waals surface area contributed by atoms with Crippen LogP contribution in [0.3, 0.4) is 0 Å². The zero-order valence-corrected chi connectivity index (χ0v) is 12.9. The van der Waals surface area contributed by atoms with Crippen molar-refractivity contribution >= 4 is 17.6 Å². The van der Waals surface area contributed by atoms with E-state index in [9.17, 15) is 18.4 Å². The lowest BCUT2D eigenvalue weighted by atomic mass is 10.1. The quantitative estimate of drug-likeness (QED) is 0.879. The van der Waals surface area contributed by atoms with Crippen molar-refractivity contribution < 1.29 is 23.1 Å². The molecule has 0 unspecified atom stereocenters. The largest absolute Gasteiger partial charge is 0.465 e. The molecule has 0 spiro atoms. The van der Waals surface area contributed by atoms with Crippen LogP contribution in [-0.4, -0.2) is 19.0 Å². The molecule has 6 heteroatoms. The maximum atomic E-state index is 13.8. The molecule has 1 N–H and O–H groups in total. The second-order valence-corrected chi connectivity index (χ2v) is 5.13. The third kappa shape index (κ3) is 3.71. The van der Waals surface area contributed by atoms with Crippen molar-refractivity contribution in [3.8, 4) is 0 Å². The van der Waals surface area contributed by atoms with Gasteiger partial charge in [-0.15, -0.1) is 0 Å². The lowest BCUT2D eigenvalue weighted by molar-refractivity contribution is 0.0595. The number of rotatable bonds is 3. The fourth-order valence-electron chi connectivity index (χ4n) is 2.21. The maximum Gasteiger partial charge on any atom is 0.340 e. The highest BCUT2D eigenvalue weighted by molar-refractivity contribution is 6.05. The molecular formula is C17H15F2NO3. The van der Waals surface area contributed by atoms with Crippen molar-refractivity contribution in [1.29, 1.82) is 0 Å². The first-order valence-corrected chi connectivity index (χ1v) is 6.79. The van der Waals surface area contributed by atoms with Crippen LogP contribution in [-0.2, 0) is 4.74 Å². The van der Waals surface area contributed by atoms with E-state index in [2.05, 4.69) is 10.1 Å². The molecule has 23 heavy (non-hydrogen) atoms. The summed E-state index contributed by atoms with van der Waals surface area (Å²) < 4.78 is 31.8. The minimum Gasteiger partial charge on any atom is -0.465 e. The van der Waals surface area contributed by atoms with Crippen LogP contribution >= 0.6 is 0 Å². The molecule has 0 aliphatic carbocycles. The number of anilines is 1. The van der Waals surface area contributed by atoms with Gasteiger partial charge in [-0.2, -0.15) is 0 Å². The van der Waals surface area contributed by atoms with E-state index in [4.69, 9.17) is 0 Å². The summed E-state index contributed by atoms with van der Waals surface area (Å²) in [5, 5.41) is 2.34. The van der Waals surface area contributed by atoms with Crippen molar-refractivity contribution in [2.75, 3.05) is 12.4 Å². The molecule has 0 atom stereocenters. The Morgan fingerprint density at radius 3 is 2.13 bits per heavy atom. The van der Waals surface area contributed by atoms with E-state index in [1.54, 1.807) is 12.1 Å². The Morgan fingerprint density at radius 2 is 1.57 bits per heavy atom. The topological polar surface area (TPSA) is 55.4 Å². The number of esters is 1. The van der Waals surface area contributed by atoms with E-state index in [1.807, 2.05) is 19.9 Å². The third-order valence-electron chi connectivity index (χ3n) is 3.19. The molecule has 120 valence electrons. The highest BCUT2D eigenvalue weighted by Crippen LogP contribution is 2.21. The number of carbonyl (C=O) groups is 2. The number of amides is 1. The smallest absolute Gasteiger partial charge is 0.340 e. The maximum absolute atomic E-state index is 13.8. The normalized spacial score (nSPS) is 10.3. The van der Waals surface area contributed by atoms with Crippen LogP contribution in [0.15, 0.2) is 30.3 Å². The Bertz CT molecular complexity index is 767. The standard InChI is InChI=1S/C17H15F2NO3/c1-9-4-10(2)6-11(5-9)16(21)20-15-7-12(17(22)23-3)13(18)8-14(15)19/h4-8H,1-3H3,(H,20,21). The number of halogens is 2. The van der Waals surface area contributed by atoms with Crippen LogP contribution in [0.1, 0.15) is 31.8 Å². The van der Waals surface area contributed by atoms with E-state index in [1.165, 1.54) is 0 Å². The zero-order valence-electron chi connectivity index (χ0n) is 12.9. The van der Waals surface area contributed by atoms with Crippen molar-refractivity contribution in [1.82, 2.24) is 0 Å². The van der Waals surface area contributed by atoms with Gasteiger partial charge in [-0.25, -0.2) is 13.6 Å². The average Bonchev–Trinajstić information content (AvgIpc) is 2.48. The molecule has 0 heterocycles. The molecule has 0 fully saturated rings. The molecule has 2 aromatic carbocycles. The molecule has 0 radical (unpaired) electrons. The molecule has 2 aromatic rings. The number of ether oxygens (including phenoxy) is 1. The van der Waals surface area contributed by atoms with Crippen molar-refractivity contribution in [2.24, 2.45) is 0 Å². The van der Waals surface area contributed by atoms with Gasteiger partial charge >= 0.3 is 5.97 Å². The van der Waals surface area contributed by atoms with Gasteiger partial charge in [-0.05, 0) is 32.0 Å². The molecule has 0 aliphatic heterocycles. The summed E-state index contributed by atoms with van der Waals surface area (Å²) in [5.74, 6) is -3.55. The first-order valence-electron chi connectivity index (χ1n) is 6.79. The summed E-state index contributed by atoms with van der Waals surface area (Å²) in [5.41, 5.74) is 1.35. The Hall–Kier alpha value is -2.76. The SMILES string of the molecule is COC(=O)c1cc(NC(=O)c2cc(C)cc(C)c2)c(F)cc1F. The van der Waals surface area contributed by atoms with Crippen molar-refractivity contribution in [3.05, 3.63) is 64.2 Å². The van der Waals surface area contributed by atoms with Gasteiger partial charge in [0, 0.05) is 11.6 Å². The van der Waals surface area contributed by atoms with Crippen LogP contribution in [0.2, 0.25) is 0 Å². The van der Waals surface area contributed by atoms with E-state index < -0.39 is 29.1 Å². The lowest BCUT2D eigenvalue weighted by Gasteiger charge is -2.10. The number of hydrogen-bond donors (Lipinski definition) is 1. The summed E-state index contributed by atoms with van der Waals surface area (Å²) in [6, 6.07) is 6.63. The van der Waals surface area contributed by atoms with E-state index in [-0.39, 0.29) is 5.69 Å². The summed E-state index contributed by atoms with van der Waals surface area (Å²) in [6.45, 7) is 3.66. The fraction of sp³-hybridized carbons (Fsp3) is 0.176. The highest BCUT2D eigenvalue weighted by atomic mass is 19.1. The van der Waals surface area contributed by atoms with Crippen LogP contribution in [0.4, 0.5) is 14.5 Å². The number of benzene rings is 2. The Labute approximate surface area is 132 Å². The number of methoxy groups -OCH3 is 1. The molecule has 0 aromatic heterocycles. The summed E-state index contributed by atoms with van der Waals surface area (Å²) in [7, 11) is 1.08. The monoisotopic (exact) mass is 319 g/mol. The van der Waals surface area contributed by atoms with Gasteiger partial charge in [-0.3, -0.25) is 4.79 Å². The number of aryl methyl sites for hydroxylation is 2. The van der Waals surface area contributed by atoms with Gasteiger partial charge in [0.05, 0.1) is 18.4 Å². The Balaban J connectivity index is 2.35. The molecule has 0 bridgehead atoms. The Morgan fingerprint density at radius 1 is 0.957 bits per heavy atom. The molecule has 2 rings (SSSR count). The summed E-state index contributed by atoms with van der Waals surface area (Å²) in [6.07, 6.45) is 0. The summed E-state index contributed by atoms with van der Waals surface area (Å²) in [4.78, 5) is 23.7. The van der Waals surface area contributed by atoms with Crippen LogP contribution in [0.25, 0.3) is 0 Å². The Kier molecular flexibility index (Phi) is 4.74. The first kappa shape index (κ1) is 16.6. The van der Waals surface area contributed by atoms with Crippen LogP contribution in [0, 0.1) is 25.5 Å². The predicted octanol–water partition coefficient (Wildman–Crippen LogP) is 3.62. The van der Waals surface area contributed by atoms with Crippen molar-refractivity contribution in [3.63, 3.8) is 0 Å². The minimum absolute atomic E-state index is 0.295. The molecule has 0 saturated heterocycles. The van der Waals surface area contributed by atoms with Gasteiger partial charge in [0.2, 0.25) is 0 Å². The van der Waals surface area contributed by atoms with Crippen LogP contribution < -0.4 is 5.32 Å². The first-order chi connectivity index (χ1) is 10.8. The van der Waals surface area contributed by atoms with E-state index in [0.717, 1.165) is 24.3 Å². The van der Waals surface area contributed by atoms with Gasteiger partial charge in [-0.1, -0.05) is 17.2 Å². The number of carbonyl (C=O) groups excluding carboxylic acids is 2. The van der Waals surface area contributed by atoms with Gasteiger partial charge in [0.15, 0.2) is 0 Å². The van der Waals surface area contributed by atoms with E-state index in [0.29, 0.717) is 11.6 Å². The zero-order chi connectivity index (χ0) is 17.1. The third-order valence-corrected chi connectivity index (χ3v) is 3.19. The van der Waals surface area contributed by atoms with E-state index >= 15 is 0 Å². The number of nitrogens with one attached hydrogen (secondary N) is 1. The molecular weight excluding hydrogens is 304 g/mol. The second-order valence-electron chi connectivity index (χ2n) is 5.13. The minimum atomic E-state index is -1.06. The van der Waals surface area contributed by atoms with Gasteiger partial charge in [0.1, 0.15) is 11.6 Å². The van der Waals surface area contributed by atoms with Gasteiger partial charge < -0.3 is 10.1 Å². The van der Waals surface area contributed by atoms with Crippen molar-refractivity contribution in [2.45, 2.75) is 13.8 Å². The number of hydrogen-bond acceptors (Lipinski definition) is 3. The lowest BCUT2D eigenvalue weighted by Crippen LogP contribution is -2.15. The molecule has 1 amide bonds. The second kappa shape index (κ2) is 6.56.